The summed E-state index contributed by atoms with van der Waals surface area (Å²) in [6.07, 6.45) is 6.94. The Bertz CT molecular complexity index is 1050. The van der Waals surface area contributed by atoms with Gasteiger partial charge in [0.05, 0.1) is 12.5 Å². The van der Waals surface area contributed by atoms with Gasteiger partial charge in [0.2, 0.25) is 0 Å². The van der Waals surface area contributed by atoms with Gasteiger partial charge in [-0.05, 0) is 58.3 Å². The van der Waals surface area contributed by atoms with E-state index in [2.05, 4.69) is 6.08 Å². The van der Waals surface area contributed by atoms with Crippen molar-refractivity contribution in [2.75, 3.05) is 7.11 Å². The van der Waals surface area contributed by atoms with Gasteiger partial charge in [-0.1, -0.05) is 67.5 Å². The number of ketones is 3. The van der Waals surface area contributed by atoms with Crippen LogP contribution in [-0.2, 0) is 14.3 Å². The minimum absolute atomic E-state index is 0.0638. The molecule has 1 saturated carbocycles. The smallest absolute Gasteiger partial charge is 0.184 e. The van der Waals surface area contributed by atoms with Crippen molar-refractivity contribution in [1.29, 1.82) is 0 Å². The van der Waals surface area contributed by atoms with Crippen molar-refractivity contribution in [3.8, 4) is 0 Å². The lowest BCUT2D eigenvalue weighted by molar-refractivity contribution is -0.163. The number of allylic oxidation sites excluding steroid dienone is 6. The topological polar surface area (TPSA) is 60.4 Å². The zero-order chi connectivity index (χ0) is 24.6. The summed E-state index contributed by atoms with van der Waals surface area (Å²) in [6.45, 7) is 12.0. The summed E-state index contributed by atoms with van der Waals surface area (Å²) in [5.74, 6) is -0.750. The number of hydrogen-bond donors (Lipinski definition) is 0. The molecule has 0 heterocycles. The molecule has 3 atom stereocenters. The molecule has 4 nitrogen and oxygen atoms in total. The molecule has 2 aliphatic rings. The maximum Gasteiger partial charge on any atom is 0.184 e. The highest BCUT2D eigenvalue weighted by molar-refractivity contribution is 6.28. The fraction of sp³-hybridized carbons (Fsp3) is 0.483. The van der Waals surface area contributed by atoms with E-state index >= 15 is 0 Å². The van der Waals surface area contributed by atoms with Gasteiger partial charge in [0, 0.05) is 11.6 Å². The fourth-order valence-electron chi connectivity index (χ4n) is 5.67. The summed E-state index contributed by atoms with van der Waals surface area (Å²) in [7, 11) is 1.45. The molecule has 2 bridgehead atoms. The number of carbonyl (C=O) groups excluding carboxylic acids is 3. The molecule has 1 aromatic rings. The van der Waals surface area contributed by atoms with E-state index in [1.807, 2.05) is 53.7 Å². The van der Waals surface area contributed by atoms with Crippen molar-refractivity contribution in [3.63, 3.8) is 0 Å². The summed E-state index contributed by atoms with van der Waals surface area (Å²) >= 11 is 0. The maximum absolute atomic E-state index is 14.6. The van der Waals surface area contributed by atoms with E-state index in [1.54, 1.807) is 24.3 Å². The van der Waals surface area contributed by atoms with Crippen LogP contribution in [0.2, 0.25) is 0 Å². The first-order chi connectivity index (χ1) is 15.4. The average molecular weight is 449 g/mol. The Labute approximate surface area is 197 Å². The number of benzene rings is 1. The molecule has 0 unspecified atom stereocenters. The molecular weight excluding hydrogens is 412 g/mol. The highest BCUT2D eigenvalue weighted by Gasteiger charge is 2.73. The van der Waals surface area contributed by atoms with Crippen molar-refractivity contribution in [3.05, 3.63) is 71.0 Å². The Kier molecular flexibility index (Phi) is 6.70. The molecule has 0 spiro atoms. The van der Waals surface area contributed by atoms with Crippen molar-refractivity contribution in [1.82, 2.24) is 0 Å². The predicted octanol–water partition coefficient (Wildman–Crippen LogP) is 6.28. The molecule has 1 fully saturated rings. The van der Waals surface area contributed by atoms with E-state index in [0.717, 1.165) is 5.57 Å². The van der Waals surface area contributed by atoms with Crippen LogP contribution in [0.15, 0.2) is 65.5 Å². The lowest BCUT2D eigenvalue weighted by Gasteiger charge is -2.59. The van der Waals surface area contributed by atoms with Crippen LogP contribution in [0.25, 0.3) is 0 Å². The van der Waals surface area contributed by atoms with Crippen LogP contribution < -0.4 is 0 Å². The second-order valence-electron chi connectivity index (χ2n) is 10.6. The van der Waals surface area contributed by atoms with Gasteiger partial charge in [-0.25, -0.2) is 0 Å². The molecule has 4 heteroatoms. The van der Waals surface area contributed by atoms with E-state index in [0.29, 0.717) is 24.8 Å². The molecule has 1 aromatic carbocycles. The molecule has 0 amide bonds. The third-order valence-electron chi connectivity index (χ3n) is 7.73. The Morgan fingerprint density at radius 2 is 1.64 bits per heavy atom. The molecule has 2 aliphatic carbocycles. The highest BCUT2D eigenvalue weighted by Crippen LogP contribution is 2.65. The highest BCUT2D eigenvalue weighted by atomic mass is 16.5. The Hall–Kier alpha value is -2.75. The number of rotatable bonds is 7. The fourth-order valence-corrected chi connectivity index (χ4v) is 5.67. The van der Waals surface area contributed by atoms with Crippen LogP contribution in [0.4, 0.5) is 0 Å². The number of methoxy groups -OCH3 is 1. The number of fused-ring (bicyclic) bond motifs is 2. The first-order valence-electron chi connectivity index (χ1n) is 11.7. The number of carbonyl (C=O) groups is 3. The quantitative estimate of drug-likeness (QED) is 0.280. The second-order valence-corrected chi connectivity index (χ2v) is 10.6. The van der Waals surface area contributed by atoms with Gasteiger partial charge in [-0.15, -0.1) is 0 Å². The summed E-state index contributed by atoms with van der Waals surface area (Å²) in [4.78, 5) is 42.4. The van der Waals surface area contributed by atoms with Gasteiger partial charge < -0.3 is 4.74 Å². The minimum Gasteiger partial charge on any atom is -0.499 e. The third kappa shape index (κ3) is 3.74. The molecule has 3 rings (SSSR count). The first kappa shape index (κ1) is 24.9. The van der Waals surface area contributed by atoms with Crippen molar-refractivity contribution in [2.45, 2.75) is 60.8 Å². The van der Waals surface area contributed by atoms with Crippen molar-refractivity contribution < 1.29 is 19.1 Å². The summed E-state index contributed by atoms with van der Waals surface area (Å²) < 4.78 is 5.71. The largest absolute Gasteiger partial charge is 0.499 e. The lowest BCUT2D eigenvalue weighted by Crippen LogP contribution is -2.68. The van der Waals surface area contributed by atoms with Gasteiger partial charge in [-0.3, -0.25) is 14.4 Å². The number of hydrogen-bond acceptors (Lipinski definition) is 4. The molecule has 0 radical (unpaired) electrons. The number of Topliss-reactive ketones (excluding diaryl/α,β-unsaturated/α-hetero) is 2. The Balaban J connectivity index is 2.37. The third-order valence-corrected chi connectivity index (χ3v) is 7.73. The van der Waals surface area contributed by atoms with Gasteiger partial charge in [-0.2, -0.15) is 0 Å². The second kappa shape index (κ2) is 8.89. The van der Waals surface area contributed by atoms with Crippen molar-refractivity contribution in [2.24, 2.45) is 22.2 Å². The lowest BCUT2D eigenvalue weighted by atomic mass is 9.40. The zero-order valence-corrected chi connectivity index (χ0v) is 21.0. The van der Waals surface area contributed by atoms with Gasteiger partial charge >= 0.3 is 0 Å². The van der Waals surface area contributed by atoms with Crippen LogP contribution in [0, 0.1) is 22.2 Å². The summed E-state index contributed by atoms with van der Waals surface area (Å²) in [5.41, 5.74) is -0.930. The SMILES string of the molecule is COC1=CC(=O)[C@@]2(CC=C(C)C)C[C@H](CC=C(C)C)C(C)(C)[C@]1(C(=O)c1ccccc1)C2=O. The maximum atomic E-state index is 14.6. The summed E-state index contributed by atoms with van der Waals surface area (Å²) in [5, 5.41) is 0. The molecular formula is C29H36O4. The Morgan fingerprint density at radius 3 is 2.18 bits per heavy atom. The molecule has 176 valence electrons. The molecule has 0 aliphatic heterocycles. The van der Waals surface area contributed by atoms with E-state index in [1.165, 1.54) is 18.8 Å². The molecule has 0 aromatic heterocycles. The molecule has 0 saturated heterocycles. The average Bonchev–Trinajstić information content (AvgIpc) is 2.76. The van der Waals surface area contributed by atoms with Crippen LogP contribution in [0.3, 0.4) is 0 Å². The van der Waals surface area contributed by atoms with Gasteiger partial charge in [0.15, 0.2) is 22.8 Å². The standard InChI is InChI=1S/C29H36O4/c1-19(2)13-14-22-18-28(16-15-20(3)4)23(30)17-24(33-7)29(26(28)32,27(22,5)6)25(31)21-11-9-8-10-12-21/h8-13,15,17,22H,14,16,18H2,1-7H3/t22-,28+,29+/m0/s1. The summed E-state index contributed by atoms with van der Waals surface area (Å²) in [6, 6.07) is 8.91. The zero-order valence-electron chi connectivity index (χ0n) is 21.0. The first-order valence-corrected chi connectivity index (χ1v) is 11.7. The predicted molar refractivity (Wildman–Crippen MR) is 131 cm³/mol. The van der Waals surface area contributed by atoms with Crippen LogP contribution in [-0.4, -0.2) is 24.5 Å². The molecule has 0 N–H and O–H groups in total. The van der Waals surface area contributed by atoms with E-state index in [9.17, 15) is 14.4 Å². The normalized spacial score (nSPS) is 28.0. The van der Waals surface area contributed by atoms with Crippen molar-refractivity contribution >= 4 is 17.3 Å². The number of ether oxygens (including phenoxy) is 1. The molecule has 33 heavy (non-hydrogen) atoms. The van der Waals surface area contributed by atoms with Crippen LogP contribution in [0.5, 0.6) is 0 Å². The van der Waals surface area contributed by atoms with E-state index in [-0.39, 0.29) is 29.0 Å². The van der Waals surface area contributed by atoms with Crippen LogP contribution >= 0.6 is 0 Å². The van der Waals surface area contributed by atoms with E-state index in [4.69, 9.17) is 4.74 Å². The van der Waals surface area contributed by atoms with Crippen LogP contribution in [0.1, 0.15) is 71.2 Å². The van der Waals surface area contributed by atoms with Gasteiger partial charge in [0.25, 0.3) is 0 Å². The Morgan fingerprint density at radius 1 is 1.03 bits per heavy atom. The monoisotopic (exact) mass is 448 g/mol. The van der Waals surface area contributed by atoms with E-state index < -0.39 is 16.2 Å². The minimum atomic E-state index is -1.56. The van der Waals surface area contributed by atoms with Gasteiger partial charge in [0.1, 0.15) is 5.76 Å².